The van der Waals surface area contributed by atoms with Gasteiger partial charge in [-0.05, 0) is 88.1 Å². The molecule has 1 atom stereocenters. The van der Waals surface area contributed by atoms with Gasteiger partial charge in [-0.1, -0.05) is 0 Å². The van der Waals surface area contributed by atoms with Crippen LogP contribution in [-0.2, 0) is 15.8 Å². The maximum absolute atomic E-state index is 13.1. The number of ether oxygens (including phenoxy) is 1. The molecule has 204 valence electrons. The molecule has 3 aliphatic heterocycles. The van der Waals surface area contributed by atoms with E-state index in [-0.39, 0.29) is 24.5 Å². The van der Waals surface area contributed by atoms with Gasteiger partial charge in [0, 0.05) is 56.6 Å². The number of amides is 2. The van der Waals surface area contributed by atoms with Crippen LogP contribution in [0.5, 0.6) is 5.75 Å². The number of nitrogens with zero attached hydrogens (tertiary/aromatic N) is 4. The van der Waals surface area contributed by atoms with E-state index >= 15 is 0 Å². The predicted octanol–water partition coefficient (Wildman–Crippen LogP) is 3.55. The largest absolute Gasteiger partial charge is 0.490 e. The lowest BCUT2D eigenvalue weighted by Gasteiger charge is -2.35. The highest BCUT2D eigenvalue weighted by molar-refractivity contribution is 7.82. The fourth-order valence-corrected chi connectivity index (χ4v) is 6.68. The smallest absolute Gasteiger partial charge is 0.254 e. The first-order valence-corrected chi connectivity index (χ1v) is 14.9. The zero-order chi connectivity index (χ0) is 26.6. The molecule has 8 nitrogen and oxygen atoms in total. The summed E-state index contributed by atoms with van der Waals surface area (Å²) in [5, 5.41) is 0. The van der Waals surface area contributed by atoms with Crippen LogP contribution in [0.1, 0.15) is 49.9 Å². The van der Waals surface area contributed by atoms with Gasteiger partial charge in [-0.3, -0.25) is 9.59 Å². The fraction of sp³-hybridized carbons (Fsp3) is 0.517. The van der Waals surface area contributed by atoms with E-state index < -0.39 is 11.0 Å². The normalized spacial score (nSPS) is 20.8. The average Bonchev–Trinajstić information content (AvgIpc) is 3.48. The first kappa shape index (κ1) is 26.8. The van der Waals surface area contributed by atoms with Crippen molar-refractivity contribution >= 4 is 28.5 Å². The van der Waals surface area contributed by atoms with Gasteiger partial charge in [-0.15, -0.1) is 0 Å². The van der Waals surface area contributed by atoms with Gasteiger partial charge in [-0.2, -0.15) is 0 Å². The lowest BCUT2D eigenvalue weighted by molar-refractivity contribution is -0.120. The second-order valence-corrected chi connectivity index (χ2v) is 12.1. The number of hydrogen-bond acceptors (Lipinski definition) is 5. The Morgan fingerprint density at radius 1 is 0.895 bits per heavy atom. The Hall–Kier alpha value is -2.75. The molecule has 3 aliphatic rings. The molecule has 0 spiro atoms. The quantitative estimate of drug-likeness (QED) is 0.539. The summed E-state index contributed by atoms with van der Waals surface area (Å²) < 4.78 is 20.8. The van der Waals surface area contributed by atoms with Crippen molar-refractivity contribution in [2.75, 3.05) is 50.7 Å². The Kier molecular flexibility index (Phi) is 8.45. The van der Waals surface area contributed by atoms with Crippen LogP contribution in [0.4, 0.5) is 5.69 Å². The van der Waals surface area contributed by atoms with Gasteiger partial charge in [-0.25, -0.2) is 8.51 Å². The van der Waals surface area contributed by atoms with E-state index in [4.69, 9.17) is 4.74 Å². The van der Waals surface area contributed by atoms with Crippen LogP contribution < -0.4 is 9.64 Å². The fourth-order valence-electron chi connectivity index (χ4n) is 5.43. The number of carbonyl (C=O) groups excluding carboxylic acids is 2. The summed E-state index contributed by atoms with van der Waals surface area (Å²) in [5.74, 6) is 0.543. The van der Waals surface area contributed by atoms with Gasteiger partial charge in [0.25, 0.3) is 5.91 Å². The van der Waals surface area contributed by atoms with E-state index in [2.05, 4.69) is 18.7 Å². The number of piperidine rings is 1. The molecule has 38 heavy (non-hydrogen) atoms. The van der Waals surface area contributed by atoms with Crippen LogP contribution >= 0.6 is 0 Å². The van der Waals surface area contributed by atoms with E-state index in [1.165, 1.54) is 0 Å². The molecule has 5 rings (SSSR count). The van der Waals surface area contributed by atoms with Crippen LogP contribution in [-0.4, -0.2) is 88.1 Å². The molecule has 0 aliphatic carbocycles. The molecule has 3 heterocycles. The Balaban J connectivity index is 1.13. The van der Waals surface area contributed by atoms with Crippen LogP contribution in [0, 0.1) is 0 Å². The molecule has 9 heteroatoms. The van der Waals surface area contributed by atoms with E-state index in [1.807, 2.05) is 28.6 Å². The monoisotopic (exact) mass is 538 g/mol. The van der Waals surface area contributed by atoms with Gasteiger partial charge in [0.2, 0.25) is 5.91 Å². The minimum atomic E-state index is -1.19. The Labute approximate surface area is 228 Å². The van der Waals surface area contributed by atoms with Gasteiger partial charge in [0.05, 0.1) is 4.90 Å². The molecule has 2 aromatic rings. The Morgan fingerprint density at radius 3 is 2.16 bits per heavy atom. The van der Waals surface area contributed by atoms with Crippen molar-refractivity contribution in [1.82, 2.24) is 14.1 Å². The Bertz CT molecular complexity index is 1140. The third kappa shape index (κ3) is 6.11. The summed E-state index contributed by atoms with van der Waals surface area (Å²) in [6.45, 7) is 9.19. The summed E-state index contributed by atoms with van der Waals surface area (Å²) in [4.78, 5) is 32.5. The molecule has 1 unspecified atom stereocenters. The number of rotatable bonds is 7. The number of hydrogen-bond donors (Lipinski definition) is 0. The zero-order valence-electron chi connectivity index (χ0n) is 22.4. The van der Waals surface area contributed by atoms with Crippen LogP contribution in [0.25, 0.3) is 0 Å². The number of piperazine rings is 1. The highest BCUT2D eigenvalue weighted by Crippen LogP contribution is 2.25. The molecule has 3 fully saturated rings. The standard InChI is InChI=1S/C29H38N4O4S/c1-22(2)30-17-13-26(14-18-30)37-25-9-7-24(8-10-25)33-20-19-31(21-28(33)34)29(35)23-5-11-27(12-6-23)38(36)32-15-3-4-16-32/h5-12,22,26H,3-4,13-21H2,1-2H3. The van der Waals surface area contributed by atoms with Gasteiger partial charge in [0.1, 0.15) is 29.4 Å². The van der Waals surface area contributed by atoms with Crippen molar-refractivity contribution in [2.24, 2.45) is 0 Å². The van der Waals surface area contributed by atoms with Crippen LogP contribution in [0.3, 0.4) is 0 Å². The summed E-state index contributed by atoms with van der Waals surface area (Å²) in [7, 11) is -1.19. The third-order valence-electron chi connectivity index (χ3n) is 7.77. The number of carbonyl (C=O) groups is 2. The van der Waals surface area contributed by atoms with E-state index in [0.717, 1.165) is 63.3 Å². The number of anilines is 1. The summed E-state index contributed by atoms with van der Waals surface area (Å²) >= 11 is 0. The van der Waals surface area contributed by atoms with E-state index in [1.54, 1.807) is 34.1 Å². The van der Waals surface area contributed by atoms with E-state index in [9.17, 15) is 13.8 Å². The maximum Gasteiger partial charge on any atom is 0.254 e. The van der Waals surface area contributed by atoms with Crippen LogP contribution in [0.2, 0.25) is 0 Å². The lowest BCUT2D eigenvalue weighted by atomic mass is 10.1. The van der Waals surface area contributed by atoms with Crippen molar-refractivity contribution in [2.45, 2.75) is 56.6 Å². The molecular formula is C29H38N4O4S. The molecule has 0 bridgehead atoms. The third-order valence-corrected chi connectivity index (χ3v) is 9.28. The number of benzene rings is 2. The van der Waals surface area contributed by atoms with Gasteiger partial charge >= 0.3 is 0 Å². The molecule has 0 radical (unpaired) electrons. The Morgan fingerprint density at radius 2 is 1.55 bits per heavy atom. The minimum absolute atomic E-state index is 0.0347. The first-order chi connectivity index (χ1) is 18.4. The van der Waals surface area contributed by atoms with Crippen molar-refractivity contribution in [3.63, 3.8) is 0 Å². The lowest BCUT2D eigenvalue weighted by Crippen LogP contribution is -2.52. The molecule has 0 saturated carbocycles. The maximum atomic E-state index is 13.1. The predicted molar refractivity (Wildman–Crippen MR) is 149 cm³/mol. The highest BCUT2D eigenvalue weighted by atomic mass is 32.2. The van der Waals surface area contributed by atoms with Gasteiger partial charge in [0.15, 0.2) is 0 Å². The van der Waals surface area contributed by atoms with Crippen molar-refractivity contribution < 1.29 is 18.5 Å². The summed E-state index contributed by atoms with van der Waals surface area (Å²) in [6.07, 6.45) is 4.40. The SMILES string of the molecule is CC(C)N1CCC(Oc2ccc(N3CCN(C(=O)c4ccc(S(=O)N5CCCC5)cc4)CC3=O)cc2)CC1. The second-order valence-electron chi connectivity index (χ2n) is 10.6. The molecule has 2 aromatic carbocycles. The van der Waals surface area contributed by atoms with E-state index in [0.29, 0.717) is 29.6 Å². The second kappa shape index (κ2) is 12.0. The minimum Gasteiger partial charge on any atom is -0.490 e. The van der Waals surface area contributed by atoms with Gasteiger partial charge < -0.3 is 19.4 Å². The topological polar surface area (TPSA) is 73.4 Å². The highest BCUT2D eigenvalue weighted by Gasteiger charge is 2.29. The first-order valence-electron chi connectivity index (χ1n) is 13.8. The van der Waals surface area contributed by atoms with Crippen molar-refractivity contribution in [3.05, 3.63) is 54.1 Å². The molecular weight excluding hydrogens is 500 g/mol. The molecule has 0 aromatic heterocycles. The zero-order valence-corrected chi connectivity index (χ0v) is 23.2. The molecule has 2 amide bonds. The van der Waals surface area contributed by atoms with Crippen molar-refractivity contribution in [3.8, 4) is 5.75 Å². The average molecular weight is 539 g/mol. The number of likely N-dealkylation sites (tertiary alicyclic amines) is 1. The van der Waals surface area contributed by atoms with Crippen LogP contribution in [0.15, 0.2) is 53.4 Å². The summed E-state index contributed by atoms with van der Waals surface area (Å²) in [5.41, 5.74) is 1.33. The summed E-state index contributed by atoms with van der Waals surface area (Å²) in [6, 6.07) is 15.2. The molecule has 3 saturated heterocycles. The van der Waals surface area contributed by atoms with Crippen molar-refractivity contribution in [1.29, 1.82) is 0 Å². The molecule has 0 N–H and O–H groups in total.